The molecule has 3 aromatic rings. The van der Waals surface area contributed by atoms with Crippen molar-refractivity contribution in [3.05, 3.63) is 59.3 Å². The van der Waals surface area contributed by atoms with Crippen LogP contribution in [0.4, 0.5) is 5.69 Å². The molecule has 1 N–H and O–H groups in total. The van der Waals surface area contributed by atoms with Gasteiger partial charge in [0.1, 0.15) is 10.8 Å². The number of pyridine rings is 2. The number of halogens is 1. The van der Waals surface area contributed by atoms with E-state index in [1.165, 1.54) is 0 Å². The van der Waals surface area contributed by atoms with Gasteiger partial charge >= 0.3 is 0 Å². The molecule has 0 bridgehead atoms. The lowest BCUT2D eigenvalue weighted by atomic mass is 10.3. The predicted molar refractivity (Wildman–Crippen MR) is 76.5 cm³/mol. The predicted octanol–water partition coefficient (Wildman–Crippen LogP) is 3.30. The highest BCUT2D eigenvalue weighted by Crippen LogP contribution is 2.16. The van der Waals surface area contributed by atoms with Crippen molar-refractivity contribution in [2.24, 2.45) is 0 Å². The van der Waals surface area contributed by atoms with Crippen LogP contribution >= 0.6 is 11.6 Å². The Morgan fingerprint density at radius 2 is 2.26 bits per heavy atom. The maximum atomic E-state index is 5.90. The first-order valence-electron chi connectivity index (χ1n) is 6.01. The van der Waals surface area contributed by atoms with E-state index in [1.54, 1.807) is 6.20 Å². The maximum Gasteiger partial charge on any atom is 0.137 e. The van der Waals surface area contributed by atoms with Crippen LogP contribution in [0.5, 0.6) is 0 Å². The monoisotopic (exact) mass is 272 g/mol. The molecule has 3 heterocycles. The highest BCUT2D eigenvalue weighted by Gasteiger charge is 2.02. The van der Waals surface area contributed by atoms with Gasteiger partial charge in [-0.3, -0.25) is 0 Å². The quantitative estimate of drug-likeness (QED) is 0.744. The maximum absolute atomic E-state index is 5.90. The van der Waals surface area contributed by atoms with Crippen LogP contribution in [0.15, 0.2) is 42.9 Å². The van der Waals surface area contributed by atoms with Crippen molar-refractivity contribution in [3.63, 3.8) is 0 Å². The first-order chi connectivity index (χ1) is 9.22. The molecule has 0 amide bonds. The van der Waals surface area contributed by atoms with Gasteiger partial charge in [0.2, 0.25) is 0 Å². The molecule has 5 heteroatoms. The Morgan fingerprint density at radius 3 is 3.05 bits per heavy atom. The number of rotatable bonds is 3. The number of aryl methyl sites for hydroxylation is 1. The summed E-state index contributed by atoms with van der Waals surface area (Å²) in [6.45, 7) is 2.59. The third kappa shape index (κ3) is 2.53. The summed E-state index contributed by atoms with van der Waals surface area (Å²) >= 11 is 5.90. The molecule has 0 saturated carbocycles. The zero-order valence-electron chi connectivity index (χ0n) is 10.5. The van der Waals surface area contributed by atoms with Gasteiger partial charge in [0, 0.05) is 12.4 Å². The molecule has 4 nitrogen and oxygen atoms in total. The highest BCUT2D eigenvalue weighted by atomic mass is 35.5. The molecule has 0 fully saturated rings. The third-order valence-electron chi connectivity index (χ3n) is 2.90. The largest absolute Gasteiger partial charge is 0.378 e. The van der Waals surface area contributed by atoms with Crippen molar-refractivity contribution in [3.8, 4) is 0 Å². The molecule has 0 aliphatic carbocycles. The minimum Gasteiger partial charge on any atom is -0.378 e. The summed E-state index contributed by atoms with van der Waals surface area (Å²) in [6.07, 6.45) is 5.73. The number of anilines is 1. The first kappa shape index (κ1) is 12.0. The van der Waals surface area contributed by atoms with Gasteiger partial charge in [-0.25, -0.2) is 9.97 Å². The van der Waals surface area contributed by atoms with Gasteiger partial charge in [-0.05, 0) is 30.7 Å². The van der Waals surface area contributed by atoms with Gasteiger partial charge < -0.3 is 9.72 Å². The number of hydrogen-bond acceptors (Lipinski definition) is 3. The molecule has 0 aliphatic heterocycles. The lowest BCUT2D eigenvalue weighted by molar-refractivity contribution is 1.07. The smallest absolute Gasteiger partial charge is 0.137 e. The summed E-state index contributed by atoms with van der Waals surface area (Å²) in [5, 5.41) is 3.83. The van der Waals surface area contributed by atoms with Gasteiger partial charge in [-0.15, -0.1) is 0 Å². The Bertz CT molecular complexity index is 687. The molecule has 96 valence electrons. The number of imidazole rings is 1. The number of fused-ring (bicyclic) bond motifs is 1. The molecule has 3 aromatic heterocycles. The standard InChI is InChI=1S/C14H13ClN4/c1-10-6-11(7-17-14(10)15)16-8-12-9-19-5-3-2-4-13(19)18-12/h2-7,9,16H,8H2,1H3. The van der Waals surface area contributed by atoms with E-state index in [2.05, 4.69) is 15.3 Å². The highest BCUT2D eigenvalue weighted by molar-refractivity contribution is 6.30. The van der Waals surface area contributed by atoms with E-state index in [1.807, 2.05) is 48.0 Å². The Kier molecular flexibility index (Phi) is 3.09. The average molecular weight is 273 g/mol. The van der Waals surface area contributed by atoms with E-state index in [0.29, 0.717) is 11.7 Å². The lowest BCUT2D eigenvalue weighted by Crippen LogP contribution is -2.00. The summed E-state index contributed by atoms with van der Waals surface area (Å²) < 4.78 is 2.00. The second kappa shape index (κ2) is 4.90. The molecule has 0 saturated heterocycles. The van der Waals surface area contributed by atoms with E-state index in [9.17, 15) is 0 Å². The number of hydrogen-bond donors (Lipinski definition) is 1. The zero-order chi connectivity index (χ0) is 13.2. The van der Waals surface area contributed by atoms with Gasteiger partial charge in [-0.2, -0.15) is 0 Å². The topological polar surface area (TPSA) is 42.2 Å². The van der Waals surface area contributed by atoms with E-state index in [4.69, 9.17) is 11.6 Å². The Labute approximate surface area is 116 Å². The first-order valence-corrected chi connectivity index (χ1v) is 6.39. The zero-order valence-corrected chi connectivity index (χ0v) is 11.2. The van der Waals surface area contributed by atoms with E-state index in [-0.39, 0.29) is 0 Å². The Hall–Kier alpha value is -2.07. The molecule has 0 radical (unpaired) electrons. The van der Waals surface area contributed by atoms with Gasteiger partial charge in [0.15, 0.2) is 0 Å². The van der Waals surface area contributed by atoms with E-state index < -0.39 is 0 Å². The van der Waals surface area contributed by atoms with E-state index >= 15 is 0 Å². The van der Waals surface area contributed by atoms with Crippen LogP contribution < -0.4 is 5.32 Å². The summed E-state index contributed by atoms with van der Waals surface area (Å²) in [5.74, 6) is 0. The van der Waals surface area contributed by atoms with Crippen molar-refractivity contribution in [2.75, 3.05) is 5.32 Å². The van der Waals surface area contributed by atoms with Crippen LogP contribution in [0, 0.1) is 6.92 Å². The molecule has 19 heavy (non-hydrogen) atoms. The molecular weight excluding hydrogens is 260 g/mol. The van der Waals surface area contributed by atoms with Gasteiger partial charge in [0.25, 0.3) is 0 Å². The van der Waals surface area contributed by atoms with Crippen LogP contribution in [0.25, 0.3) is 5.65 Å². The van der Waals surface area contributed by atoms with Gasteiger partial charge in [-0.1, -0.05) is 17.7 Å². The van der Waals surface area contributed by atoms with Crippen molar-refractivity contribution in [2.45, 2.75) is 13.5 Å². The summed E-state index contributed by atoms with van der Waals surface area (Å²) in [5.41, 5.74) is 3.84. The Balaban J connectivity index is 1.76. The van der Waals surface area contributed by atoms with Gasteiger partial charge in [0.05, 0.1) is 24.1 Å². The van der Waals surface area contributed by atoms with Crippen molar-refractivity contribution in [1.82, 2.24) is 14.4 Å². The normalized spacial score (nSPS) is 10.8. The minimum absolute atomic E-state index is 0.540. The van der Waals surface area contributed by atoms with Crippen LogP contribution in [0.3, 0.4) is 0 Å². The fourth-order valence-electron chi connectivity index (χ4n) is 1.92. The van der Waals surface area contributed by atoms with Crippen LogP contribution in [0.2, 0.25) is 5.15 Å². The number of nitrogens with zero attached hydrogens (tertiary/aromatic N) is 3. The van der Waals surface area contributed by atoms with Crippen LogP contribution in [0.1, 0.15) is 11.3 Å². The van der Waals surface area contributed by atoms with E-state index in [0.717, 1.165) is 22.6 Å². The molecule has 0 aromatic carbocycles. The minimum atomic E-state index is 0.540. The van der Waals surface area contributed by atoms with Crippen LogP contribution in [-0.4, -0.2) is 14.4 Å². The van der Waals surface area contributed by atoms with Crippen LogP contribution in [-0.2, 0) is 6.54 Å². The molecule has 0 unspecified atom stereocenters. The van der Waals surface area contributed by atoms with Crippen molar-refractivity contribution < 1.29 is 0 Å². The fourth-order valence-corrected chi connectivity index (χ4v) is 2.02. The fraction of sp³-hybridized carbons (Fsp3) is 0.143. The third-order valence-corrected chi connectivity index (χ3v) is 3.30. The molecular formula is C14H13ClN4. The van der Waals surface area contributed by atoms with Crippen molar-refractivity contribution >= 4 is 22.9 Å². The number of aromatic nitrogens is 3. The summed E-state index contributed by atoms with van der Waals surface area (Å²) in [7, 11) is 0. The lowest BCUT2D eigenvalue weighted by Gasteiger charge is -2.05. The van der Waals surface area contributed by atoms with Crippen molar-refractivity contribution in [1.29, 1.82) is 0 Å². The Morgan fingerprint density at radius 1 is 1.37 bits per heavy atom. The second-order valence-corrected chi connectivity index (χ2v) is 4.74. The second-order valence-electron chi connectivity index (χ2n) is 4.38. The number of nitrogens with one attached hydrogen (secondary N) is 1. The SMILES string of the molecule is Cc1cc(NCc2cn3ccccc3n2)cnc1Cl. The average Bonchev–Trinajstić information content (AvgIpc) is 2.83. The molecule has 0 atom stereocenters. The summed E-state index contributed by atoms with van der Waals surface area (Å²) in [4.78, 5) is 8.63. The molecule has 3 rings (SSSR count). The summed E-state index contributed by atoms with van der Waals surface area (Å²) in [6, 6.07) is 7.92. The molecule has 0 spiro atoms. The molecule has 0 aliphatic rings.